The summed E-state index contributed by atoms with van der Waals surface area (Å²) < 4.78 is 16.2. The maximum Gasteiger partial charge on any atom is 0.192 e. The molecule has 0 radical (unpaired) electrons. The van der Waals surface area contributed by atoms with E-state index in [4.69, 9.17) is 0 Å². The molecule has 10 heteroatoms. The first kappa shape index (κ1) is 17.9. The highest BCUT2D eigenvalue weighted by Crippen LogP contribution is 2.41. The summed E-state index contributed by atoms with van der Waals surface area (Å²) in [4.78, 5) is 5.30. The number of pyridine rings is 1. The molecule has 4 aromatic rings. The Hall–Kier alpha value is -3.14. The molecule has 0 unspecified atom stereocenters. The Morgan fingerprint density at radius 1 is 1.10 bits per heavy atom. The van der Waals surface area contributed by atoms with Gasteiger partial charge in [-0.05, 0) is 54.8 Å². The van der Waals surface area contributed by atoms with Crippen LogP contribution in [-0.4, -0.2) is 40.0 Å². The minimum Gasteiger partial charge on any atom is -0.299 e. The molecule has 146 valence electrons. The molecule has 1 saturated carbocycles. The van der Waals surface area contributed by atoms with Gasteiger partial charge in [0.1, 0.15) is 5.69 Å². The number of thioether (sulfide) groups is 1. The molecule has 0 saturated heterocycles. The first-order chi connectivity index (χ1) is 14.2. The summed E-state index contributed by atoms with van der Waals surface area (Å²) in [5, 5.41) is 22.0. The van der Waals surface area contributed by atoms with Crippen LogP contribution in [0.4, 0.5) is 4.39 Å². The zero-order chi connectivity index (χ0) is 19.8. The first-order valence-corrected chi connectivity index (χ1v) is 10.2. The zero-order valence-corrected chi connectivity index (χ0v) is 16.4. The minimum atomic E-state index is -0.386. The van der Waals surface area contributed by atoms with Gasteiger partial charge in [0.05, 0.1) is 5.75 Å². The van der Waals surface area contributed by atoms with E-state index in [-0.39, 0.29) is 11.5 Å². The van der Waals surface area contributed by atoms with Gasteiger partial charge in [-0.3, -0.25) is 9.55 Å². The van der Waals surface area contributed by atoms with Crippen LogP contribution in [0.1, 0.15) is 30.3 Å². The van der Waals surface area contributed by atoms with Crippen molar-refractivity contribution < 1.29 is 4.39 Å². The molecule has 1 fully saturated rings. The highest BCUT2D eigenvalue weighted by molar-refractivity contribution is 7.98. The van der Waals surface area contributed by atoms with Crippen molar-refractivity contribution in [3.8, 4) is 17.1 Å². The van der Waals surface area contributed by atoms with Crippen LogP contribution >= 0.6 is 11.8 Å². The molecule has 0 spiro atoms. The number of aryl methyl sites for hydroxylation is 1. The molecule has 0 N–H and O–H groups in total. The fourth-order valence-electron chi connectivity index (χ4n) is 3.04. The molecule has 0 aliphatic heterocycles. The Labute approximate surface area is 170 Å². The Kier molecular flexibility index (Phi) is 4.55. The summed E-state index contributed by atoms with van der Waals surface area (Å²) in [6, 6.07) is 9.08. The second kappa shape index (κ2) is 7.36. The van der Waals surface area contributed by atoms with Gasteiger partial charge in [0.15, 0.2) is 22.6 Å². The zero-order valence-electron chi connectivity index (χ0n) is 15.6. The van der Waals surface area contributed by atoms with E-state index in [1.807, 2.05) is 19.1 Å². The fourth-order valence-corrected chi connectivity index (χ4v) is 3.89. The van der Waals surface area contributed by atoms with Crippen molar-refractivity contribution in [3.63, 3.8) is 0 Å². The lowest BCUT2D eigenvalue weighted by molar-refractivity contribution is 0.590. The lowest BCUT2D eigenvalue weighted by Gasteiger charge is -2.07. The van der Waals surface area contributed by atoms with Crippen molar-refractivity contribution in [2.75, 3.05) is 0 Å². The van der Waals surface area contributed by atoms with E-state index < -0.39 is 0 Å². The summed E-state index contributed by atoms with van der Waals surface area (Å²) in [6.07, 6.45) is 5.73. The second-order valence-corrected chi connectivity index (χ2v) is 7.82. The maximum atomic E-state index is 14.1. The lowest BCUT2D eigenvalue weighted by Crippen LogP contribution is -2.03. The Morgan fingerprint density at radius 2 is 1.93 bits per heavy atom. The monoisotopic (exact) mass is 408 g/mol. The van der Waals surface area contributed by atoms with Crippen LogP contribution in [0.5, 0.6) is 0 Å². The first-order valence-electron chi connectivity index (χ1n) is 9.22. The molecule has 8 nitrogen and oxygen atoms in total. The normalized spacial score (nSPS) is 13.7. The van der Waals surface area contributed by atoms with Gasteiger partial charge in [-0.25, -0.2) is 4.39 Å². The second-order valence-electron chi connectivity index (χ2n) is 6.88. The van der Waals surface area contributed by atoms with Crippen molar-refractivity contribution in [1.29, 1.82) is 0 Å². The van der Waals surface area contributed by atoms with E-state index in [0.29, 0.717) is 17.6 Å². The highest BCUT2D eigenvalue weighted by Gasteiger charge is 2.30. The third-order valence-corrected chi connectivity index (χ3v) is 5.56. The quantitative estimate of drug-likeness (QED) is 0.452. The van der Waals surface area contributed by atoms with E-state index in [2.05, 4.69) is 35.2 Å². The number of halogens is 1. The molecule has 1 aliphatic rings. The van der Waals surface area contributed by atoms with Gasteiger partial charge in [0.25, 0.3) is 0 Å². The summed E-state index contributed by atoms with van der Waals surface area (Å²) in [5.74, 6) is 1.43. The van der Waals surface area contributed by atoms with Crippen LogP contribution < -0.4 is 0 Å². The lowest BCUT2D eigenvalue weighted by atomic mass is 10.2. The highest BCUT2D eigenvalue weighted by atomic mass is 32.2. The summed E-state index contributed by atoms with van der Waals surface area (Å²) in [6.45, 7) is 1.89. The third-order valence-electron chi connectivity index (χ3n) is 4.62. The van der Waals surface area contributed by atoms with E-state index in [0.717, 1.165) is 34.9 Å². The van der Waals surface area contributed by atoms with Crippen LogP contribution in [0.15, 0.2) is 47.9 Å². The van der Waals surface area contributed by atoms with Gasteiger partial charge in [-0.2, -0.15) is 0 Å². The number of hydrogen-bond donors (Lipinski definition) is 0. The van der Waals surface area contributed by atoms with Crippen molar-refractivity contribution in [3.05, 3.63) is 59.9 Å². The van der Waals surface area contributed by atoms with E-state index in [1.165, 1.54) is 22.6 Å². The van der Waals surface area contributed by atoms with Crippen molar-refractivity contribution in [1.82, 2.24) is 40.0 Å². The Balaban J connectivity index is 1.37. The number of tetrazole rings is 1. The number of rotatable bonds is 6. The number of nitrogens with zero attached hydrogens (tertiary/aromatic N) is 8. The van der Waals surface area contributed by atoms with Crippen LogP contribution in [0.25, 0.3) is 17.1 Å². The largest absolute Gasteiger partial charge is 0.299 e. The van der Waals surface area contributed by atoms with Crippen LogP contribution in [-0.2, 0) is 5.75 Å². The molecule has 5 rings (SSSR count). The summed E-state index contributed by atoms with van der Waals surface area (Å²) in [7, 11) is 0. The van der Waals surface area contributed by atoms with Gasteiger partial charge in [-0.1, -0.05) is 17.8 Å². The summed E-state index contributed by atoms with van der Waals surface area (Å²) in [5.41, 5.74) is 2.20. The average molecular weight is 408 g/mol. The predicted molar refractivity (Wildman–Crippen MR) is 105 cm³/mol. The molecular weight excluding hydrogens is 391 g/mol. The number of aromatic nitrogens is 8. The minimum absolute atomic E-state index is 0.287. The predicted octanol–water partition coefficient (Wildman–Crippen LogP) is 3.39. The van der Waals surface area contributed by atoms with Gasteiger partial charge in [0, 0.05) is 24.0 Å². The fraction of sp³-hybridized carbons (Fsp3) is 0.263. The third kappa shape index (κ3) is 3.63. The number of benzene rings is 1. The van der Waals surface area contributed by atoms with Crippen LogP contribution in [0, 0.1) is 12.7 Å². The molecule has 3 aromatic heterocycles. The van der Waals surface area contributed by atoms with Crippen molar-refractivity contribution in [2.45, 2.75) is 36.7 Å². The molecular formula is C19H17FN8S. The van der Waals surface area contributed by atoms with Crippen molar-refractivity contribution >= 4 is 11.8 Å². The van der Waals surface area contributed by atoms with E-state index >= 15 is 0 Å². The molecule has 1 aliphatic carbocycles. The van der Waals surface area contributed by atoms with Gasteiger partial charge < -0.3 is 0 Å². The molecule has 0 bridgehead atoms. The molecule has 1 aromatic carbocycles. The van der Waals surface area contributed by atoms with E-state index in [9.17, 15) is 4.39 Å². The molecule has 0 atom stereocenters. The molecule has 29 heavy (non-hydrogen) atoms. The summed E-state index contributed by atoms with van der Waals surface area (Å²) >= 11 is 1.50. The average Bonchev–Trinajstić information content (AvgIpc) is 3.31. The number of hydrogen-bond acceptors (Lipinski definition) is 7. The van der Waals surface area contributed by atoms with E-state index in [1.54, 1.807) is 24.5 Å². The van der Waals surface area contributed by atoms with Crippen LogP contribution in [0.3, 0.4) is 0 Å². The Bertz CT molecular complexity index is 1150. The smallest absolute Gasteiger partial charge is 0.192 e. The van der Waals surface area contributed by atoms with Gasteiger partial charge in [-0.15, -0.1) is 25.2 Å². The SMILES string of the molecule is Cc1ccc(F)c(-n2nnc(CSc3nnc(-c4ccncc4)n3C3CC3)n2)c1. The standard InChI is InChI=1S/C19H17FN8S/c1-12-2-5-15(20)16(10-12)28-25-17(22-26-28)11-29-19-24-23-18(27(19)14-3-4-14)13-6-8-21-9-7-13/h2,5-10,14H,3-4,11H2,1H3. The van der Waals surface area contributed by atoms with Crippen molar-refractivity contribution in [2.24, 2.45) is 0 Å². The molecule has 3 heterocycles. The maximum absolute atomic E-state index is 14.1. The van der Waals surface area contributed by atoms with Crippen LogP contribution in [0.2, 0.25) is 0 Å². The topological polar surface area (TPSA) is 87.2 Å². The molecule has 0 amide bonds. The Morgan fingerprint density at radius 3 is 2.72 bits per heavy atom. The van der Waals surface area contributed by atoms with Gasteiger partial charge in [0.2, 0.25) is 0 Å². The van der Waals surface area contributed by atoms with Gasteiger partial charge >= 0.3 is 0 Å².